The molecule has 7 heteroatoms. The molecule has 23 heavy (non-hydrogen) atoms. The van der Waals surface area contributed by atoms with Gasteiger partial charge in [0.2, 0.25) is 0 Å². The van der Waals surface area contributed by atoms with E-state index in [9.17, 15) is 4.79 Å². The number of nitrogens with zero attached hydrogens (tertiary/aromatic N) is 5. The number of amides is 1. The van der Waals surface area contributed by atoms with E-state index in [-0.39, 0.29) is 12.5 Å². The summed E-state index contributed by atoms with van der Waals surface area (Å²) in [5.41, 5.74) is 4.36. The maximum atomic E-state index is 12.7. The monoisotopic (exact) mass is 311 g/mol. The van der Waals surface area contributed by atoms with Crippen molar-refractivity contribution in [2.45, 2.75) is 26.6 Å². The van der Waals surface area contributed by atoms with Gasteiger partial charge in [-0.3, -0.25) is 9.48 Å². The first kappa shape index (κ1) is 14.0. The van der Waals surface area contributed by atoms with Gasteiger partial charge in [-0.15, -0.1) is 0 Å². The van der Waals surface area contributed by atoms with E-state index in [1.165, 1.54) is 0 Å². The highest BCUT2D eigenvalue weighted by atomic mass is 16.3. The summed E-state index contributed by atoms with van der Waals surface area (Å²) in [4.78, 5) is 18.9. The van der Waals surface area contributed by atoms with Crippen molar-refractivity contribution >= 4 is 11.6 Å². The van der Waals surface area contributed by atoms with Crippen LogP contribution in [0.3, 0.4) is 0 Å². The number of aliphatic hydroxyl groups is 1. The quantitative estimate of drug-likeness (QED) is 0.782. The molecule has 4 heterocycles. The molecule has 0 aliphatic carbocycles. The second-order valence-electron chi connectivity index (χ2n) is 5.82. The minimum absolute atomic E-state index is 0.0356. The Morgan fingerprint density at radius 1 is 1.30 bits per heavy atom. The molecule has 0 unspecified atom stereocenters. The number of rotatable bonds is 3. The predicted octanol–water partition coefficient (Wildman–Crippen LogP) is 0.988. The third kappa shape index (κ3) is 2.29. The number of imidazole rings is 1. The molecule has 0 fully saturated rings. The SMILES string of the molecule is Cc1ccc2nc(C(=O)N3Cc4cnn(CCO)c4C3)cn2c1. The van der Waals surface area contributed by atoms with Gasteiger partial charge in [-0.25, -0.2) is 4.98 Å². The van der Waals surface area contributed by atoms with Crippen molar-refractivity contribution in [1.29, 1.82) is 0 Å². The van der Waals surface area contributed by atoms with Crippen molar-refractivity contribution in [3.63, 3.8) is 0 Å². The van der Waals surface area contributed by atoms with Crippen LogP contribution in [-0.2, 0) is 19.6 Å². The van der Waals surface area contributed by atoms with Crippen LogP contribution in [0.25, 0.3) is 5.65 Å². The van der Waals surface area contributed by atoms with E-state index in [0.29, 0.717) is 25.3 Å². The van der Waals surface area contributed by atoms with Gasteiger partial charge in [-0.05, 0) is 18.6 Å². The highest BCUT2D eigenvalue weighted by Gasteiger charge is 2.28. The average molecular weight is 311 g/mol. The lowest BCUT2D eigenvalue weighted by atomic mass is 10.3. The Morgan fingerprint density at radius 3 is 3.00 bits per heavy atom. The number of carbonyl (C=O) groups excluding carboxylic acids is 1. The Hall–Kier alpha value is -2.67. The number of hydrogen-bond acceptors (Lipinski definition) is 4. The second kappa shape index (κ2) is 5.20. The van der Waals surface area contributed by atoms with Crippen molar-refractivity contribution in [2.75, 3.05) is 6.61 Å². The molecule has 3 aromatic heterocycles. The molecule has 1 aliphatic rings. The summed E-state index contributed by atoms with van der Waals surface area (Å²) >= 11 is 0. The van der Waals surface area contributed by atoms with E-state index in [1.54, 1.807) is 22.0 Å². The lowest BCUT2D eigenvalue weighted by Gasteiger charge is -2.14. The molecule has 0 spiro atoms. The van der Waals surface area contributed by atoms with Crippen LogP contribution in [0.2, 0.25) is 0 Å². The van der Waals surface area contributed by atoms with Crippen molar-refractivity contribution in [3.05, 3.63) is 53.2 Å². The van der Waals surface area contributed by atoms with Gasteiger partial charge in [0.05, 0.1) is 31.6 Å². The van der Waals surface area contributed by atoms with Gasteiger partial charge >= 0.3 is 0 Å². The molecule has 7 nitrogen and oxygen atoms in total. The molecule has 1 amide bonds. The summed E-state index contributed by atoms with van der Waals surface area (Å²) in [6.07, 6.45) is 5.50. The number of aliphatic hydroxyl groups excluding tert-OH is 1. The number of hydrogen-bond donors (Lipinski definition) is 1. The summed E-state index contributed by atoms with van der Waals surface area (Å²) in [5.74, 6) is -0.0851. The van der Waals surface area contributed by atoms with Gasteiger partial charge < -0.3 is 14.4 Å². The Kier molecular flexibility index (Phi) is 3.16. The first-order chi connectivity index (χ1) is 11.2. The molecular weight excluding hydrogens is 294 g/mol. The molecule has 0 saturated heterocycles. The number of aromatic nitrogens is 4. The number of fused-ring (bicyclic) bond motifs is 2. The molecule has 3 aromatic rings. The molecular formula is C16H17N5O2. The highest BCUT2D eigenvalue weighted by Crippen LogP contribution is 2.24. The average Bonchev–Trinajstić information content (AvgIpc) is 3.21. The van der Waals surface area contributed by atoms with E-state index in [2.05, 4.69) is 10.1 Å². The van der Waals surface area contributed by atoms with E-state index in [1.807, 2.05) is 29.7 Å². The maximum absolute atomic E-state index is 12.7. The zero-order valence-electron chi connectivity index (χ0n) is 12.8. The first-order valence-corrected chi connectivity index (χ1v) is 7.55. The Bertz CT molecular complexity index is 895. The van der Waals surface area contributed by atoms with Crippen molar-refractivity contribution in [1.82, 2.24) is 24.1 Å². The summed E-state index contributed by atoms with van der Waals surface area (Å²) in [7, 11) is 0. The lowest BCUT2D eigenvalue weighted by molar-refractivity contribution is 0.0742. The van der Waals surface area contributed by atoms with Crippen LogP contribution in [0.5, 0.6) is 0 Å². The zero-order valence-corrected chi connectivity index (χ0v) is 12.8. The third-order valence-electron chi connectivity index (χ3n) is 4.15. The molecule has 0 bridgehead atoms. The largest absolute Gasteiger partial charge is 0.394 e. The van der Waals surface area contributed by atoms with E-state index < -0.39 is 0 Å². The van der Waals surface area contributed by atoms with Crippen LogP contribution in [0, 0.1) is 6.92 Å². The van der Waals surface area contributed by atoms with E-state index in [0.717, 1.165) is 22.5 Å². The number of pyridine rings is 1. The maximum Gasteiger partial charge on any atom is 0.274 e. The summed E-state index contributed by atoms with van der Waals surface area (Å²) < 4.78 is 3.63. The van der Waals surface area contributed by atoms with Crippen LogP contribution >= 0.6 is 0 Å². The Balaban J connectivity index is 1.59. The smallest absolute Gasteiger partial charge is 0.274 e. The normalized spacial score (nSPS) is 13.7. The summed E-state index contributed by atoms with van der Waals surface area (Å²) in [5, 5.41) is 13.3. The van der Waals surface area contributed by atoms with Gasteiger partial charge in [-0.1, -0.05) is 6.07 Å². The third-order valence-corrected chi connectivity index (χ3v) is 4.15. The van der Waals surface area contributed by atoms with Crippen molar-refractivity contribution in [3.8, 4) is 0 Å². The van der Waals surface area contributed by atoms with Gasteiger partial charge in [0.1, 0.15) is 11.3 Å². The topological polar surface area (TPSA) is 75.7 Å². The van der Waals surface area contributed by atoms with Crippen molar-refractivity contribution in [2.24, 2.45) is 0 Å². The molecule has 0 atom stereocenters. The molecule has 0 saturated carbocycles. The van der Waals surface area contributed by atoms with E-state index in [4.69, 9.17) is 5.11 Å². The van der Waals surface area contributed by atoms with Gasteiger partial charge in [0, 0.05) is 24.5 Å². The molecule has 118 valence electrons. The van der Waals surface area contributed by atoms with Crippen molar-refractivity contribution < 1.29 is 9.90 Å². The molecule has 0 aromatic carbocycles. The fourth-order valence-electron chi connectivity index (χ4n) is 3.01. The molecule has 1 N–H and O–H groups in total. The van der Waals surface area contributed by atoms with Crippen LogP contribution in [0.4, 0.5) is 0 Å². The lowest BCUT2D eigenvalue weighted by Crippen LogP contribution is -2.26. The summed E-state index contributed by atoms with van der Waals surface area (Å²) in [6, 6.07) is 3.88. The van der Waals surface area contributed by atoms with Crippen LogP contribution in [0.1, 0.15) is 27.3 Å². The predicted molar refractivity (Wildman–Crippen MR) is 82.8 cm³/mol. The molecule has 0 radical (unpaired) electrons. The summed E-state index contributed by atoms with van der Waals surface area (Å²) in [6.45, 7) is 3.53. The Morgan fingerprint density at radius 2 is 2.17 bits per heavy atom. The van der Waals surface area contributed by atoms with Crippen LogP contribution in [0.15, 0.2) is 30.7 Å². The molecule has 4 rings (SSSR count). The first-order valence-electron chi connectivity index (χ1n) is 7.55. The number of carbonyl (C=O) groups is 1. The second-order valence-corrected chi connectivity index (χ2v) is 5.82. The van der Waals surface area contributed by atoms with E-state index >= 15 is 0 Å². The standard InChI is InChI=1S/C16H17N5O2/c1-11-2-3-15-18-13(9-19(15)7-11)16(23)20-8-12-6-17-21(4-5-22)14(12)10-20/h2-3,6-7,9,22H,4-5,8,10H2,1H3. The minimum atomic E-state index is -0.0851. The fourth-order valence-corrected chi connectivity index (χ4v) is 3.01. The zero-order chi connectivity index (χ0) is 16.0. The minimum Gasteiger partial charge on any atom is -0.394 e. The number of aryl methyl sites for hydroxylation is 1. The fraction of sp³-hybridized carbons (Fsp3) is 0.312. The Labute approximate surface area is 132 Å². The molecule has 1 aliphatic heterocycles. The highest BCUT2D eigenvalue weighted by molar-refractivity contribution is 5.93. The van der Waals surface area contributed by atoms with Gasteiger partial charge in [0.25, 0.3) is 5.91 Å². The van der Waals surface area contributed by atoms with Gasteiger partial charge in [0.15, 0.2) is 0 Å². The van der Waals surface area contributed by atoms with Crippen LogP contribution in [-0.4, -0.2) is 41.7 Å². The van der Waals surface area contributed by atoms with Crippen LogP contribution < -0.4 is 0 Å². The van der Waals surface area contributed by atoms with Gasteiger partial charge in [-0.2, -0.15) is 5.10 Å².